The first-order valence-corrected chi connectivity index (χ1v) is 15.8. The van der Waals surface area contributed by atoms with Crippen molar-refractivity contribution < 1.29 is 29.3 Å². The Morgan fingerprint density at radius 3 is 2.16 bits per heavy atom. The van der Waals surface area contributed by atoms with Crippen LogP contribution in [-0.2, 0) is 16.1 Å². The van der Waals surface area contributed by atoms with Gasteiger partial charge in [-0.1, -0.05) is 45.2 Å². The Balaban J connectivity index is 0.00000442. The van der Waals surface area contributed by atoms with E-state index in [4.69, 9.17) is 9.84 Å². The predicted molar refractivity (Wildman–Crippen MR) is 170 cm³/mol. The van der Waals surface area contributed by atoms with Gasteiger partial charge < -0.3 is 25.2 Å². The normalized spacial score (nSPS) is 24.3. The van der Waals surface area contributed by atoms with E-state index in [0.717, 1.165) is 50.6 Å². The van der Waals surface area contributed by atoms with Gasteiger partial charge in [0.2, 0.25) is 11.8 Å². The van der Waals surface area contributed by atoms with E-state index in [1.54, 1.807) is 12.1 Å². The number of carbonyl (C=O) groups excluding carboxylic acids is 2. The summed E-state index contributed by atoms with van der Waals surface area (Å²) in [7, 11) is 0. The van der Waals surface area contributed by atoms with Crippen molar-refractivity contribution in [2.75, 3.05) is 19.6 Å². The SMILES string of the molecule is CCCCN1C(=O)[C@@H]([C@H](O)C2CCC(C)CC2)NC(=O)C12CCN(Cc1ccc(Oc3ccc(C(=O)O)cc3)cc1)CC2.Cl. The fraction of sp³-hybridized carbons (Fsp3) is 0.559. The number of likely N-dealkylation sites (tertiary alicyclic amines) is 1. The summed E-state index contributed by atoms with van der Waals surface area (Å²) in [6, 6.07) is 13.2. The van der Waals surface area contributed by atoms with Crippen molar-refractivity contribution in [2.24, 2.45) is 11.8 Å². The Kier molecular flexibility index (Phi) is 11.3. The number of aliphatic hydroxyl groups excluding tert-OH is 1. The number of carbonyl (C=O) groups is 3. The van der Waals surface area contributed by atoms with Crippen molar-refractivity contribution in [3.63, 3.8) is 0 Å². The smallest absolute Gasteiger partial charge is 0.335 e. The predicted octanol–water partition coefficient (Wildman–Crippen LogP) is 5.25. The Bertz CT molecular complexity index is 1270. The largest absolute Gasteiger partial charge is 0.478 e. The highest BCUT2D eigenvalue weighted by molar-refractivity contribution is 6.00. The molecular weight excluding hydrogens is 582 g/mol. The van der Waals surface area contributed by atoms with Crippen LogP contribution in [0.25, 0.3) is 0 Å². The van der Waals surface area contributed by atoms with Gasteiger partial charge in [-0.25, -0.2) is 4.79 Å². The van der Waals surface area contributed by atoms with E-state index in [1.165, 1.54) is 12.1 Å². The zero-order valence-electron chi connectivity index (χ0n) is 25.7. The summed E-state index contributed by atoms with van der Waals surface area (Å²) < 4.78 is 5.86. The second-order valence-corrected chi connectivity index (χ2v) is 12.7. The van der Waals surface area contributed by atoms with E-state index in [2.05, 4.69) is 24.1 Å². The van der Waals surface area contributed by atoms with Crippen LogP contribution in [-0.4, -0.2) is 75.1 Å². The molecule has 5 rings (SSSR count). The minimum atomic E-state index is -0.976. The van der Waals surface area contributed by atoms with Crippen molar-refractivity contribution >= 4 is 30.2 Å². The minimum Gasteiger partial charge on any atom is -0.478 e. The lowest BCUT2D eigenvalue weighted by molar-refractivity contribution is -0.166. The Morgan fingerprint density at radius 1 is 1.00 bits per heavy atom. The highest BCUT2D eigenvalue weighted by Gasteiger charge is 2.55. The maximum atomic E-state index is 13.9. The van der Waals surface area contributed by atoms with E-state index in [9.17, 15) is 19.5 Å². The van der Waals surface area contributed by atoms with Crippen molar-refractivity contribution in [2.45, 2.75) is 89.4 Å². The lowest BCUT2D eigenvalue weighted by Crippen LogP contribution is -2.75. The molecule has 2 heterocycles. The average Bonchev–Trinajstić information content (AvgIpc) is 3.01. The molecule has 3 aliphatic rings. The summed E-state index contributed by atoms with van der Waals surface area (Å²) >= 11 is 0. The molecule has 240 valence electrons. The number of hydrogen-bond donors (Lipinski definition) is 3. The second kappa shape index (κ2) is 14.8. The maximum Gasteiger partial charge on any atom is 0.335 e. The number of aliphatic hydroxyl groups is 1. The Morgan fingerprint density at radius 2 is 1.59 bits per heavy atom. The third kappa shape index (κ3) is 7.38. The Labute approximate surface area is 266 Å². The minimum absolute atomic E-state index is 0. The summed E-state index contributed by atoms with van der Waals surface area (Å²) in [5, 5.41) is 23.3. The number of nitrogens with one attached hydrogen (secondary N) is 1. The molecule has 9 nitrogen and oxygen atoms in total. The number of halogens is 1. The van der Waals surface area contributed by atoms with Crippen molar-refractivity contribution in [3.05, 3.63) is 59.7 Å². The van der Waals surface area contributed by atoms with Gasteiger partial charge in [-0.15, -0.1) is 12.4 Å². The maximum absolute atomic E-state index is 13.9. The van der Waals surface area contributed by atoms with E-state index in [0.29, 0.717) is 49.9 Å². The number of unbranched alkanes of at least 4 members (excludes halogenated alkanes) is 1. The number of piperidine rings is 1. The molecule has 1 saturated carbocycles. The van der Waals surface area contributed by atoms with Crippen LogP contribution in [0.4, 0.5) is 0 Å². The van der Waals surface area contributed by atoms with Gasteiger partial charge in [0.05, 0.1) is 11.7 Å². The van der Waals surface area contributed by atoms with Crippen LogP contribution in [0.1, 0.15) is 81.1 Å². The highest BCUT2D eigenvalue weighted by Crippen LogP contribution is 2.37. The summed E-state index contributed by atoms with van der Waals surface area (Å²) in [5.41, 5.74) is 0.455. The number of hydrogen-bond acceptors (Lipinski definition) is 6. The number of aromatic carboxylic acids is 1. The molecule has 3 fully saturated rings. The second-order valence-electron chi connectivity index (χ2n) is 12.7. The number of amides is 2. The van der Waals surface area contributed by atoms with Crippen molar-refractivity contribution in [1.29, 1.82) is 0 Å². The average molecular weight is 628 g/mol. The molecule has 2 aromatic carbocycles. The first-order chi connectivity index (χ1) is 20.7. The van der Waals surface area contributed by atoms with Gasteiger partial charge in [-0.2, -0.15) is 0 Å². The molecule has 1 spiro atoms. The van der Waals surface area contributed by atoms with E-state index >= 15 is 0 Å². The summed E-state index contributed by atoms with van der Waals surface area (Å²) in [4.78, 5) is 42.8. The fourth-order valence-corrected chi connectivity index (χ4v) is 6.91. The van der Waals surface area contributed by atoms with Crippen LogP contribution in [0.2, 0.25) is 0 Å². The van der Waals surface area contributed by atoms with Gasteiger partial charge in [0.25, 0.3) is 0 Å². The van der Waals surface area contributed by atoms with Crippen LogP contribution in [0.5, 0.6) is 11.5 Å². The van der Waals surface area contributed by atoms with E-state index in [1.807, 2.05) is 29.2 Å². The molecule has 0 unspecified atom stereocenters. The van der Waals surface area contributed by atoms with Crippen molar-refractivity contribution in [3.8, 4) is 11.5 Å². The monoisotopic (exact) mass is 627 g/mol. The number of benzene rings is 2. The van der Waals surface area contributed by atoms with Crippen LogP contribution >= 0.6 is 12.4 Å². The summed E-state index contributed by atoms with van der Waals surface area (Å²) in [6.45, 7) is 6.94. The topological polar surface area (TPSA) is 119 Å². The van der Waals surface area contributed by atoms with Gasteiger partial charge in [-0.05, 0) is 85.9 Å². The van der Waals surface area contributed by atoms with Crippen molar-refractivity contribution in [1.82, 2.24) is 15.1 Å². The number of carboxylic acids is 1. The molecular formula is C34H46ClN3O6. The molecule has 3 N–H and O–H groups in total. The van der Waals surface area contributed by atoms with Gasteiger partial charge in [0.15, 0.2) is 0 Å². The van der Waals surface area contributed by atoms with Gasteiger partial charge in [0.1, 0.15) is 23.1 Å². The quantitative estimate of drug-likeness (QED) is 0.329. The molecule has 2 atom stereocenters. The van der Waals surface area contributed by atoms with E-state index in [-0.39, 0.29) is 35.7 Å². The highest BCUT2D eigenvalue weighted by atomic mass is 35.5. The molecule has 0 radical (unpaired) electrons. The summed E-state index contributed by atoms with van der Waals surface area (Å²) in [5.74, 6) is 0.698. The fourth-order valence-electron chi connectivity index (χ4n) is 6.91. The number of nitrogens with zero attached hydrogens (tertiary/aromatic N) is 2. The van der Waals surface area contributed by atoms with Gasteiger partial charge >= 0.3 is 5.97 Å². The molecule has 0 aromatic heterocycles. The van der Waals surface area contributed by atoms with Crippen LogP contribution < -0.4 is 10.1 Å². The van der Waals surface area contributed by atoms with E-state index < -0.39 is 23.7 Å². The number of rotatable bonds is 10. The lowest BCUT2D eigenvalue weighted by atomic mass is 9.76. The number of ether oxygens (including phenoxy) is 1. The van der Waals surface area contributed by atoms with Gasteiger partial charge in [-0.3, -0.25) is 14.5 Å². The lowest BCUT2D eigenvalue weighted by Gasteiger charge is -2.52. The zero-order valence-corrected chi connectivity index (χ0v) is 26.6. The molecule has 2 aliphatic heterocycles. The molecule has 2 saturated heterocycles. The molecule has 1 aliphatic carbocycles. The third-order valence-electron chi connectivity index (χ3n) is 9.73. The molecule has 0 bridgehead atoms. The molecule has 10 heteroatoms. The van der Waals surface area contributed by atoms with Crippen LogP contribution in [0, 0.1) is 11.8 Å². The molecule has 2 amide bonds. The summed E-state index contributed by atoms with van der Waals surface area (Å²) in [6.07, 6.45) is 5.91. The number of piperazine rings is 1. The van der Waals surface area contributed by atoms with Gasteiger partial charge in [0, 0.05) is 26.2 Å². The number of carboxylic acid groups (broad SMARTS) is 1. The zero-order chi connectivity index (χ0) is 30.6. The third-order valence-corrected chi connectivity index (χ3v) is 9.73. The molecule has 44 heavy (non-hydrogen) atoms. The first-order valence-electron chi connectivity index (χ1n) is 15.8. The first kappa shape index (κ1) is 33.7. The van der Waals surface area contributed by atoms with Crippen LogP contribution in [0.3, 0.4) is 0 Å². The van der Waals surface area contributed by atoms with Crippen LogP contribution in [0.15, 0.2) is 48.5 Å². The Hall–Kier alpha value is -3.14. The standard InChI is InChI=1S/C34H45N3O6.ClH/c1-3-4-19-37-31(39)29(30(38)25-9-5-23(2)6-10-25)35-33(42)34(37)17-20-36(21-18-34)22-24-7-13-27(14-8-24)43-28-15-11-26(12-16-28)32(40)41;/h7-8,11-16,23,25,29-30,38H,3-6,9-10,17-22H2,1-2H3,(H,35,42)(H,40,41);1H/t23?,25?,29-,30-;/m1./s1. The molecule has 2 aromatic rings.